The summed E-state index contributed by atoms with van der Waals surface area (Å²) in [6, 6.07) is 0.425. The minimum absolute atomic E-state index is 0.425. The van der Waals surface area contributed by atoms with E-state index in [9.17, 15) is 32.1 Å². The maximum absolute atomic E-state index is 12.5. The van der Waals surface area contributed by atoms with Crippen molar-refractivity contribution in [2.75, 3.05) is 0 Å². The van der Waals surface area contributed by atoms with Crippen molar-refractivity contribution in [3.63, 3.8) is 0 Å². The molecule has 0 fully saturated rings. The van der Waals surface area contributed by atoms with Crippen LogP contribution < -0.4 is 0 Å². The molecular weight excluding hydrogens is 319 g/mol. The number of rotatable bonds is 2. The molecule has 0 aliphatic heterocycles. The summed E-state index contributed by atoms with van der Waals surface area (Å²) in [5.74, 6) is 0. The van der Waals surface area contributed by atoms with Crippen molar-refractivity contribution in [3.05, 3.63) is 32.0 Å². The van der Waals surface area contributed by atoms with Crippen LogP contribution >= 0.6 is 15.9 Å². The van der Waals surface area contributed by atoms with Crippen molar-refractivity contribution < 1.29 is 26.9 Å². The Hall–Kier alpha value is -1.32. The van der Waals surface area contributed by atoms with Crippen LogP contribution in [-0.4, -0.2) is 9.91 Å². The van der Waals surface area contributed by atoms with Gasteiger partial charge in [-0.25, -0.2) is 13.8 Å². The van der Waals surface area contributed by atoms with Crippen molar-refractivity contribution >= 4 is 21.6 Å². The maximum Gasteiger partial charge on any atom is 0.425 e. The molecule has 0 atom stereocenters. The molecule has 0 spiro atoms. The first-order valence-electron chi connectivity index (χ1n) is 3.84. The van der Waals surface area contributed by atoms with Crippen molar-refractivity contribution in [3.8, 4) is 0 Å². The molecule has 0 unspecified atom stereocenters. The highest BCUT2D eigenvalue weighted by Crippen LogP contribution is 2.41. The summed E-state index contributed by atoms with van der Waals surface area (Å²) >= 11 is 2.53. The lowest BCUT2D eigenvalue weighted by Crippen LogP contribution is -2.14. The summed E-state index contributed by atoms with van der Waals surface area (Å²) in [6.07, 6.45) is -8.84. The zero-order valence-electron chi connectivity index (χ0n) is 7.63. The third kappa shape index (κ3) is 2.87. The Labute approximate surface area is 98.7 Å². The molecule has 0 radical (unpaired) electrons. The molecule has 0 N–H and O–H groups in total. The standard InChI is InChI=1S/C7H2BrF5N2O2/c8-3-1-2(15(16)17)4(7(11,12)13)5(14-3)6(9)10/h1,6H. The fraction of sp³-hybridized carbons (Fsp3) is 0.286. The largest absolute Gasteiger partial charge is 0.425 e. The highest BCUT2D eigenvalue weighted by atomic mass is 79.9. The quantitative estimate of drug-likeness (QED) is 0.361. The molecule has 0 amide bonds. The predicted molar refractivity (Wildman–Crippen MR) is 48.6 cm³/mol. The summed E-state index contributed by atoms with van der Waals surface area (Å²) in [7, 11) is 0. The van der Waals surface area contributed by atoms with Crippen LogP contribution in [0.3, 0.4) is 0 Å². The predicted octanol–water partition coefficient (Wildman–Crippen LogP) is 3.71. The summed E-state index contributed by atoms with van der Waals surface area (Å²) in [4.78, 5) is 11.9. The van der Waals surface area contributed by atoms with Crippen LogP contribution in [0, 0.1) is 10.1 Å². The molecule has 17 heavy (non-hydrogen) atoms. The molecule has 0 bridgehead atoms. The second kappa shape index (κ2) is 4.51. The molecule has 1 heterocycles. The molecule has 1 aromatic rings. The molecule has 4 nitrogen and oxygen atoms in total. The summed E-state index contributed by atoms with van der Waals surface area (Å²) < 4.78 is 61.7. The van der Waals surface area contributed by atoms with E-state index in [1.54, 1.807) is 0 Å². The zero-order valence-corrected chi connectivity index (χ0v) is 9.22. The Bertz CT molecular complexity index is 462. The number of halogens is 6. The number of hydrogen-bond donors (Lipinski definition) is 0. The minimum Gasteiger partial charge on any atom is -0.258 e. The minimum atomic E-state index is -5.28. The van der Waals surface area contributed by atoms with Crippen LogP contribution in [0.15, 0.2) is 10.7 Å². The smallest absolute Gasteiger partial charge is 0.258 e. The Morgan fingerprint density at radius 1 is 1.41 bits per heavy atom. The second-order valence-corrected chi connectivity index (χ2v) is 3.59. The van der Waals surface area contributed by atoms with Gasteiger partial charge in [-0.15, -0.1) is 0 Å². The lowest BCUT2D eigenvalue weighted by molar-refractivity contribution is -0.388. The van der Waals surface area contributed by atoms with E-state index in [-0.39, 0.29) is 0 Å². The van der Waals surface area contributed by atoms with Crippen molar-refractivity contribution in [1.29, 1.82) is 0 Å². The first-order chi connectivity index (χ1) is 7.64. The molecule has 10 heteroatoms. The number of nitrogens with zero attached hydrogens (tertiary/aromatic N) is 2. The topological polar surface area (TPSA) is 56.0 Å². The first kappa shape index (κ1) is 13.7. The van der Waals surface area contributed by atoms with E-state index in [2.05, 4.69) is 20.9 Å². The molecule has 94 valence electrons. The average molecular weight is 321 g/mol. The van der Waals surface area contributed by atoms with Crippen LogP contribution in [-0.2, 0) is 6.18 Å². The van der Waals surface area contributed by atoms with E-state index in [1.165, 1.54) is 0 Å². The van der Waals surface area contributed by atoms with Crippen molar-refractivity contribution in [1.82, 2.24) is 4.98 Å². The maximum atomic E-state index is 12.5. The van der Waals surface area contributed by atoms with Gasteiger partial charge in [0.2, 0.25) is 0 Å². The van der Waals surface area contributed by atoms with Crippen molar-refractivity contribution in [2.24, 2.45) is 0 Å². The highest BCUT2D eigenvalue weighted by Gasteiger charge is 2.44. The van der Waals surface area contributed by atoms with Crippen LogP contribution in [0.1, 0.15) is 17.7 Å². The molecule has 1 rings (SSSR count). The van der Waals surface area contributed by atoms with Gasteiger partial charge in [0.15, 0.2) is 5.56 Å². The van der Waals surface area contributed by atoms with Gasteiger partial charge in [0.1, 0.15) is 10.3 Å². The van der Waals surface area contributed by atoms with Gasteiger partial charge in [0.05, 0.1) is 4.92 Å². The van der Waals surface area contributed by atoms with Crippen LogP contribution in [0.5, 0.6) is 0 Å². The van der Waals surface area contributed by atoms with E-state index in [0.29, 0.717) is 6.07 Å². The SMILES string of the molecule is O=[N+]([O-])c1cc(Br)nc(C(F)F)c1C(F)(F)F. The Kier molecular flexibility index (Phi) is 3.65. The van der Waals surface area contributed by atoms with Gasteiger partial charge >= 0.3 is 6.18 Å². The molecule has 0 saturated heterocycles. The third-order valence-electron chi connectivity index (χ3n) is 1.68. The Morgan fingerprint density at radius 3 is 2.29 bits per heavy atom. The Balaban J connectivity index is 3.66. The lowest BCUT2D eigenvalue weighted by atomic mass is 10.1. The van der Waals surface area contributed by atoms with E-state index >= 15 is 0 Å². The van der Waals surface area contributed by atoms with Gasteiger partial charge in [-0.3, -0.25) is 10.1 Å². The molecule has 0 saturated carbocycles. The van der Waals surface area contributed by atoms with Crippen LogP contribution in [0.2, 0.25) is 0 Å². The number of aromatic nitrogens is 1. The molecule has 1 aromatic heterocycles. The number of alkyl halides is 5. The monoisotopic (exact) mass is 320 g/mol. The van der Waals surface area contributed by atoms with Gasteiger partial charge in [-0.2, -0.15) is 13.2 Å². The molecule has 0 aliphatic rings. The Morgan fingerprint density at radius 2 is 1.94 bits per heavy atom. The fourth-order valence-electron chi connectivity index (χ4n) is 1.11. The van der Waals surface area contributed by atoms with E-state index < -0.39 is 39.1 Å². The summed E-state index contributed by atoms with van der Waals surface area (Å²) in [5.41, 5.74) is -5.16. The first-order valence-corrected chi connectivity index (χ1v) is 4.64. The van der Waals surface area contributed by atoms with Gasteiger partial charge in [0.25, 0.3) is 12.1 Å². The van der Waals surface area contributed by atoms with E-state index in [1.807, 2.05) is 0 Å². The van der Waals surface area contributed by atoms with Crippen LogP contribution in [0.4, 0.5) is 27.6 Å². The molecule has 0 aliphatic carbocycles. The third-order valence-corrected chi connectivity index (χ3v) is 2.09. The zero-order chi connectivity index (χ0) is 13.4. The van der Waals surface area contributed by atoms with Gasteiger partial charge in [0, 0.05) is 6.07 Å². The van der Waals surface area contributed by atoms with Gasteiger partial charge in [-0.1, -0.05) is 0 Å². The highest BCUT2D eigenvalue weighted by molar-refractivity contribution is 9.10. The van der Waals surface area contributed by atoms with E-state index in [0.717, 1.165) is 0 Å². The number of pyridine rings is 1. The fourth-order valence-corrected chi connectivity index (χ4v) is 1.52. The van der Waals surface area contributed by atoms with E-state index in [4.69, 9.17) is 0 Å². The summed E-state index contributed by atoms with van der Waals surface area (Å²) in [6.45, 7) is 0. The normalized spacial score (nSPS) is 11.9. The average Bonchev–Trinajstić information content (AvgIpc) is 2.14. The summed E-state index contributed by atoms with van der Waals surface area (Å²) in [5, 5.41) is 10.4. The second-order valence-electron chi connectivity index (χ2n) is 2.78. The molecule has 0 aromatic carbocycles. The van der Waals surface area contributed by atoms with Gasteiger partial charge in [-0.05, 0) is 15.9 Å². The lowest BCUT2D eigenvalue weighted by Gasteiger charge is -2.11. The number of nitro groups is 1. The molecular formula is C7H2BrF5N2O2. The number of hydrogen-bond acceptors (Lipinski definition) is 3. The van der Waals surface area contributed by atoms with Gasteiger partial charge < -0.3 is 0 Å². The van der Waals surface area contributed by atoms with Crippen molar-refractivity contribution in [2.45, 2.75) is 12.6 Å². The van der Waals surface area contributed by atoms with Crippen LogP contribution in [0.25, 0.3) is 0 Å².